The third-order valence-corrected chi connectivity index (χ3v) is 3.00. The Morgan fingerprint density at radius 1 is 0.650 bits per heavy atom. The molecule has 0 aliphatic carbocycles. The summed E-state index contributed by atoms with van der Waals surface area (Å²) in [5.41, 5.74) is 0. The minimum atomic E-state index is 1.08. The van der Waals surface area contributed by atoms with Crippen molar-refractivity contribution in [2.24, 2.45) is 0 Å². The number of unbranched alkanes of at least 4 members (excludes halogenated alkanes) is 5. The molecule has 0 rings (SSSR count). The molecule has 0 aromatic carbocycles. The Balaban J connectivity index is 3.32. The van der Waals surface area contributed by atoms with E-state index in [0.29, 0.717) is 0 Å². The Labute approximate surface area is 126 Å². The molecule has 0 aromatic heterocycles. The predicted octanol–water partition coefficient (Wildman–Crippen LogP) is 6.93. The second kappa shape index (κ2) is 17.7. The van der Waals surface area contributed by atoms with Crippen molar-refractivity contribution in [2.75, 3.05) is 0 Å². The Bertz CT molecular complexity index is 302. The van der Waals surface area contributed by atoms with E-state index in [1.165, 1.54) is 38.5 Å². The maximum Gasteiger partial charge on any atom is -0.0169 e. The molecule has 0 amide bonds. The van der Waals surface area contributed by atoms with Crippen LogP contribution in [-0.4, -0.2) is 0 Å². The van der Waals surface area contributed by atoms with Crippen LogP contribution >= 0.6 is 0 Å². The van der Waals surface area contributed by atoms with Crippen LogP contribution in [0.2, 0.25) is 0 Å². The van der Waals surface area contributed by atoms with E-state index in [1.807, 2.05) is 6.08 Å². The van der Waals surface area contributed by atoms with Crippen molar-refractivity contribution in [1.29, 1.82) is 0 Å². The van der Waals surface area contributed by atoms with Gasteiger partial charge in [0.05, 0.1) is 0 Å². The third-order valence-electron chi connectivity index (χ3n) is 3.00. The van der Waals surface area contributed by atoms with E-state index in [2.05, 4.69) is 62.1 Å². The van der Waals surface area contributed by atoms with Crippen LogP contribution in [0.1, 0.15) is 64.7 Å². The van der Waals surface area contributed by atoms with Gasteiger partial charge in [-0.3, -0.25) is 0 Å². The van der Waals surface area contributed by atoms with Crippen molar-refractivity contribution < 1.29 is 0 Å². The van der Waals surface area contributed by atoms with Crippen molar-refractivity contribution in [3.8, 4) is 0 Å². The second-order valence-electron chi connectivity index (χ2n) is 4.95. The van der Waals surface area contributed by atoms with E-state index in [1.54, 1.807) is 0 Å². The van der Waals surface area contributed by atoms with Crippen LogP contribution in [0, 0.1) is 0 Å². The highest BCUT2D eigenvalue weighted by molar-refractivity contribution is 5.02. The summed E-state index contributed by atoms with van der Waals surface area (Å²) in [4.78, 5) is 0. The van der Waals surface area contributed by atoms with Crippen LogP contribution in [0.5, 0.6) is 0 Å². The number of hydrogen-bond acceptors (Lipinski definition) is 0. The van der Waals surface area contributed by atoms with Crippen LogP contribution in [0.3, 0.4) is 0 Å². The molecule has 0 radical (unpaired) electrons. The summed E-state index contributed by atoms with van der Waals surface area (Å²) in [6, 6.07) is 0. The van der Waals surface area contributed by atoms with Crippen LogP contribution < -0.4 is 0 Å². The highest BCUT2D eigenvalue weighted by Crippen LogP contribution is 2.02. The minimum absolute atomic E-state index is 1.08. The van der Waals surface area contributed by atoms with E-state index in [4.69, 9.17) is 0 Å². The summed E-state index contributed by atoms with van der Waals surface area (Å²) in [6.07, 6.45) is 30.6. The minimum Gasteiger partial charge on any atom is -0.103 e. The first-order chi connectivity index (χ1) is 9.91. The summed E-state index contributed by atoms with van der Waals surface area (Å²) in [7, 11) is 0. The van der Waals surface area contributed by atoms with E-state index in [9.17, 15) is 0 Å². The fourth-order valence-corrected chi connectivity index (χ4v) is 1.81. The highest BCUT2D eigenvalue weighted by atomic mass is 13.9. The molecule has 0 N–H and O–H groups in total. The Morgan fingerprint density at radius 3 is 1.95 bits per heavy atom. The van der Waals surface area contributed by atoms with Gasteiger partial charge in [0.2, 0.25) is 0 Å². The zero-order valence-corrected chi connectivity index (χ0v) is 13.3. The highest BCUT2D eigenvalue weighted by Gasteiger charge is 1.82. The molecule has 0 spiro atoms. The smallest absolute Gasteiger partial charge is 0.0169 e. The quantitative estimate of drug-likeness (QED) is 0.194. The van der Waals surface area contributed by atoms with Crippen LogP contribution in [0.4, 0.5) is 0 Å². The maximum atomic E-state index is 3.73. The molecule has 112 valence electrons. The average Bonchev–Trinajstić information content (AvgIpc) is 2.47. The van der Waals surface area contributed by atoms with Crippen molar-refractivity contribution in [3.05, 3.63) is 61.3 Å². The van der Waals surface area contributed by atoms with E-state index < -0.39 is 0 Å². The molecule has 0 aliphatic rings. The molecule has 0 aliphatic heterocycles. The summed E-state index contributed by atoms with van der Waals surface area (Å²) < 4.78 is 0. The molecule has 0 unspecified atom stereocenters. The molecule has 20 heavy (non-hydrogen) atoms. The van der Waals surface area contributed by atoms with E-state index in [-0.39, 0.29) is 0 Å². The second-order valence-corrected chi connectivity index (χ2v) is 4.95. The molecular weight excluding hydrogens is 240 g/mol. The topological polar surface area (TPSA) is 0 Å². The first kappa shape index (κ1) is 18.7. The first-order valence-corrected chi connectivity index (χ1v) is 8.14. The lowest BCUT2D eigenvalue weighted by Crippen LogP contribution is -1.71. The van der Waals surface area contributed by atoms with Gasteiger partial charge in [-0.1, -0.05) is 61.6 Å². The molecule has 0 fully saturated rings. The molecule has 0 saturated carbocycles. The van der Waals surface area contributed by atoms with Gasteiger partial charge < -0.3 is 0 Å². The zero-order chi connectivity index (χ0) is 14.7. The van der Waals surface area contributed by atoms with Gasteiger partial charge in [0.25, 0.3) is 0 Å². The van der Waals surface area contributed by atoms with Crippen molar-refractivity contribution >= 4 is 0 Å². The normalized spacial score (nSPS) is 12.4. The number of rotatable bonds is 13. The van der Waals surface area contributed by atoms with Gasteiger partial charge in [0.1, 0.15) is 0 Å². The van der Waals surface area contributed by atoms with Crippen molar-refractivity contribution in [3.63, 3.8) is 0 Å². The Kier molecular flexibility index (Phi) is 16.5. The average molecular weight is 272 g/mol. The summed E-state index contributed by atoms with van der Waals surface area (Å²) in [5, 5.41) is 0. The van der Waals surface area contributed by atoms with Gasteiger partial charge >= 0.3 is 0 Å². The van der Waals surface area contributed by atoms with E-state index >= 15 is 0 Å². The lowest BCUT2D eigenvalue weighted by atomic mass is 10.2. The van der Waals surface area contributed by atoms with Crippen molar-refractivity contribution in [1.82, 2.24) is 0 Å². The zero-order valence-electron chi connectivity index (χ0n) is 13.3. The summed E-state index contributed by atoms with van der Waals surface area (Å²) >= 11 is 0. The molecule has 0 aromatic rings. The lowest BCUT2D eigenvalue weighted by Gasteiger charge is -1.91. The fraction of sp³-hybridized carbons (Fsp3) is 0.500. The third kappa shape index (κ3) is 16.7. The summed E-state index contributed by atoms with van der Waals surface area (Å²) in [6.45, 7) is 5.90. The van der Waals surface area contributed by atoms with Gasteiger partial charge in [-0.15, -0.1) is 6.58 Å². The Hall–Kier alpha value is -1.30. The monoisotopic (exact) mass is 272 g/mol. The molecule has 0 atom stereocenters. The maximum absolute atomic E-state index is 3.73. The van der Waals surface area contributed by atoms with Gasteiger partial charge in [-0.25, -0.2) is 0 Å². The lowest BCUT2D eigenvalue weighted by molar-refractivity contribution is 0.763. The predicted molar refractivity (Wildman–Crippen MR) is 94.0 cm³/mol. The van der Waals surface area contributed by atoms with Gasteiger partial charge in [0, 0.05) is 0 Å². The summed E-state index contributed by atoms with van der Waals surface area (Å²) in [5.74, 6) is 0. The molecule has 0 heterocycles. The number of allylic oxidation sites excluding steroid dienone is 9. The Morgan fingerprint density at radius 2 is 1.25 bits per heavy atom. The standard InChI is InChI=1S/C20H32/c1-3-5-7-9-11-13-15-17-19-20-18-16-14-12-10-8-6-4-2/h3,6,8,12-15,17,19H,1,4-5,7,9-11,16,18,20H2,2H3/b8-6+,14-12+,15-13+,19-17+. The number of hydrogen-bond donors (Lipinski definition) is 0. The van der Waals surface area contributed by atoms with Crippen LogP contribution in [-0.2, 0) is 0 Å². The molecule has 0 saturated heterocycles. The van der Waals surface area contributed by atoms with E-state index in [0.717, 1.165) is 19.3 Å². The van der Waals surface area contributed by atoms with Gasteiger partial charge in [-0.05, 0) is 57.8 Å². The molecule has 0 bridgehead atoms. The van der Waals surface area contributed by atoms with Crippen molar-refractivity contribution in [2.45, 2.75) is 64.7 Å². The molecular formula is C20H32. The van der Waals surface area contributed by atoms with Gasteiger partial charge in [-0.2, -0.15) is 0 Å². The first-order valence-electron chi connectivity index (χ1n) is 8.14. The fourth-order valence-electron chi connectivity index (χ4n) is 1.81. The molecule has 0 heteroatoms. The molecule has 0 nitrogen and oxygen atoms in total. The van der Waals surface area contributed by atoms with Crippen LogP contribution in [0.25, 0.3) is 0 Å². The SMILES string of the molecule is C=CCCCC/C=C/C=C/CCC/C=C/C/C=C/CC. The largest absolute Gasteiger partial charge is 0.103 e. The van der Waals surface area contributed by atoms with Gasteiger partial charge in [0.15, 0.2) is 0 Å². The van der Waals surface area contributed by atoms with Crippen LogP contribution in [0.15, 0.2) is 61.3 Å².